The molecule has 1 aromatic carbocycles. The second-order valence-electron chi connectivity index (χ2n) is 3.61. The zero-order valence-corrected chi connectivity index (χ0v) is 10.6. The Bertz CT molecular complexity index is 575. The lowest BCUT2D eigenvalue weighted by Crippen LogP contribution is -2.03. The summed E-state index contributed by atoms with van der Waals surface area (Å²) in [6, 6.07) is 3.09. The van der Waals surface area contributed by atoms with Gasteiger partial charge in [-0.05, 0) is 27.6 Å². The van der Waals surface area contributed by atoms with Crippen molar-refractivity contribution < 1.29 is 13.2 Å². The summed E-state index contributed by atoms with van der Waals surface area (Å²) >= 11 is 3.25. The van der Waals surface area contributed by atoms with Crippen molar-refractivity contribution in [3.8, 4) is 0 Å². The van der Waals surface area contributed by atoms with Crippen LogP contribution in [0.15, 0.2) is 35.1 Å². The first-order valence-corrected chi connectivity index (χ1v) is 5.83. The molecule has 2 rings (SSSR count). The molecular formula is C12H8BrF3N2. The fraction of sp³-hybridized carbons (Fsp3) is 0.0833. The summed E-state index contributed by atoms with van der Waals surface area (Å²) in [5.74, 6) is -3.13. The number of anilines is 1. The molecule has 1 aromatic heterocycles. The highest BCUT2D eigenvalue weighted by Crippen LogP contribution is 2.19. The zero-order chi connectivity index (χ0) is 13.1. The lowest BCUT2D eigenvalue weighted by molar-refractivity contribution is 0.496. The highest BCUT2D eigenvalue weighted by molar-refractivity contribution is 9.10. The van der Waals surface area contributed by atoms with Gasteiger partial charge in [-0.3, -0.25) is 4.98 Å². The van der Waals surface area contributed by atoms with Crippen LogP contribution < -0.4 is 5.32 Å². The summed E-state index contributed by atoms with van der Waals surface area (Å²) < 4.78 is 39.8. The van der Waals surface area contributed by atoms with Crippen molar-refractivity contribution in [2.75, 3.05) is 5.32 Å². The summed E-state index contributed by atoms with van der Waals surface area (Å²) in [5, 5.41) is 2.68. The molecule has 0 atom stereocenters. The van der Waals surface area contributed by atoms with Gasteiger partial charge in [0.2, 0.25) is 0 Å². The molecular weight excluding hydrogens is 309 g/mol. The quantitative estimate of drug-likeness (QED) is 0.869. The van der Waals surface area contributed by atoms with Crippen LogP contribution in [0.25, 0.3) is 0 Å². The normalized spacial score (nSPS) is 10.4. The summed E-state index contributed by atoms with van der Waals surface area (Å²) in [6.45, 7) is 0.258. The Hall–Kier alpha value is -1.56. The Morgan fingerprint density at radius 2 is 1.72 bits per heavy atom. The molecule has 2 aromatic rings. The fourth-order valence-electron chi connectivity index (χ4n) is 1.41. The van der Waals surface area contributed by atoms with Crippen molar-refractivity contribution in [3.05, 3.63) is 58.1 Å². The first-order chi connectivity index (χ1) is 8.56. The predicted octanol–water partition coefficient (Wildman–Crippen LogP) is 3.87. The molecule has 0 aliphatic heterocycles. The summed E-state index contributed by atoms with van der Waals surface area (Å²) in [4.78, 5) is 3.94. The highest BCUT2D eigenvalue weighted by atomic mass is 79.9. The maximum Gasteiger partial charge on any atom is 0.161 e. The standard InChI is InChI=1S/C12H8BrF3N2/c13-8-1-7(4-17-6-8)5-18-12-3-10(15)9(14)2-11(12)16/h1-4,6,18H,5H2. The van der Waals surface area contributed by atoms with Gasteiger partial charge < -0.3 is 5.32 Å². The molecule has 0 fully saturated rings. The van der Waals surface area contributed by atoms with Gasteiger partial charge in [0, 0.05) is 35.5 Å². The zero-order valence-electron chi connectivity index (χ0n) is 9.05. The van der Waals surface area contributed by atoms with E-state index in [2.05, 4.69) is 26.2 Å². The molecule has 0 saturated carbocycles. The van der Waals surface area contributed by atoms with Crippen LogP contribution in [0.4, 0.5) is 18.9 Å². The van der Waals surface area contributed by atoms with Gasteiger partial charge in [0.1, 0.15) is 5.82 Å². The molecule has 0 amide bonds. The highest BCUT2D eigenvalue weighted by Gasteiger charge is 2.09. The van der Waals surface area contributed by atoms with Crippen LogP contribution in [0, 0.1) is 17.5 Å². The van der Waals surface area contributed by atoms with Crippen LogP contribution >= 0.6 is 15.9 Å². The van der Waals surface area contributed by atoms with Gasteiger partial charge >= 0.3 is 0 Å². The van der Waals surface area contributed by atoms with E-state index in [1.807, 2.05) is 0 Å². The van der Waals surface area contributed by atoms with Gasteiger partial charge in [0.15, 0.2) is 11.6 Å². The summed E-state index contributed by atoms with van der Waals surface area (Å²) in [5.41, 5.74) is 0.697. The molecule has 0 aliphatic rings. The van der Waals surface area contributed by atoms with E-state index in [9.17, 15) is 13.2 Å². The number of rotatable bonds is 3. The molecule has 0 saturated heterocycles. The number of halogens is 4. The topological polar surface area (TPSA) is 24.9 Å². The second-order valence-corrected chi connectivity index (χ2v) is 4.53. The Kier molecular flexibility index (Phi) is 3.86. The van der Waals surface area contributed by atoms with Crippen LogP contribution in [-0.2, 0) is 6.54 Å². The van der Waals surface area contributed by atoms with Crippen molar-refractivity contribution >= 4 is 21.6 Å². The van der Waals surface area contributed by atoms with Gasteiger partial charge in [-0.1, -0.05) is 0 Å². The Morgan fingerprint density at radius 3 is 2.44 bits per heavy atom. The van der Waals surface area contributed by atoms with Crippen molar-refractivity contribution in [2.45, 2.75) is 6.54 Å². The third-order valence-corrected chi connectivity index (χ3v) is 2.69. The third kappa shape index (κ3) is 3.01. The van der Waals surface area contributed by atoms with E-state index in [0.29, 0.717) is 6.07 Å². The first kappa shape index (κ1) is 12.9. The molecule has 0 radical (unpaired) electrons. The number of nitrogens with one attached hydrogen (secondary N) is 1. The summed E-state index contributed by atoms with van der Waals surface area (Å²) in [6.07, 6.45) is 3.21. The summed E-state index contributed by atoms with van der Waals surface area (Å²) in [7, 11) is 0. The monoisotopic (exact) mass is 316 g/mol. The maximum absolute atomic E-state index is 13.3. The molecule has 94 valence electrons. The smallest absolute Gasteiger partial charge is 0.161 e. The number of hydrogen-bond acceptors (Lipinski definition) is 2. The lowest BCUT2D eigenvalue weighted by atomic mass is 10.2. The van der Waals surface area contributed by atoms with Crippen LogP contribution in [-0.4, -0.2) is 4.98 Å². The Balaban J connectivity index is 2.13. The first-order valence-electron chi connectivity index (χ1n) is 5.04. The van der Waals surface area contributed by atoms with Gasteiger partial charge in [-0.2, -0.15) is 0 Å². The van der Waals surface area contributed by atoms with Gasteiger partial charge in [0.05, 0.1) is 5.69 Å². The molecule has 0 spiro atoms. The van der Waals surface area contributed by atoms with Crippen molar-refractivity contribution in [3.63, 3.8) is 0 Å². The fourth-order valence-corrected chi connectivity index (χ4v) is 1.82. The SMILES string of the molecule is Fc1cc(F)c(NCc2cncc(Br)c2)cc1F. The maximum atomic E-state index is 13.3. The van der Waals surface area contributed by atoms with E-state index < -0.39 is 17.5 Å². The minimum atomic E-state index is -1.21. The number of nitrogens with zero attached hydrogens (tertiary/aromatic N) is 1. The van der Waals surface area contributed by atoms with Crippen LogP contribution in [0.3, 0.4) is 0 Å². The second kappa shape index (κ2) is 5.39. The van der Waals surface area contributed by atoms with E-state index in [0.717, 1.165) is 16.1 Å². The third-order valence-electron chi connectivity index (χ3n) is 2.25. The van der Waals surface area contributed by atoms with E-state index in [4.69, 9.17) is 0 Å². The molecule has 18 heavy (non-hydrogen) atoms. The molecule has 2 nitrogen and oxygen atoms in total. The van der Waals surface area contributed by atoms with Crippen LogP contribution in [0.1, 0.15) is 5.56 Å². The van der Waals surface area contributed by atoms with Crippen LogP contribution in [0.5, 0.6) is 0 Å². The van der Waals surface area contributed by atoms with Gasteiger partial charge in [-0.15, -0.1) is 0 Å². The molecule has 0 aliphatic carbocycles. The predicted molar refractivity (Wildman–Crippen MR) is 65.6 cm³/mol. The molecule has 1 heterocycles. The lowest BCUT2D eigenvalue weighted by Gasteiger charge is -2.08. The minimum Gasteiger partial charge on any atom is -0.378 e. The molecule has 6 heteroatoms. The van der Waals surface area contributed by atoms with Gasteiger partial charge in [-0.25, -0.2) is 13.2 Å². The number of pyridine rings is 1. The van der Waals surface area contributed by atoms with Crippen molar-refractivity contribution in [1.29, 1.82) is 0 Å². The Morgan fingerprint density at radius 1 is 1.00 bits per heavy atom. The largest absolute Gasteiger partial charge is 0.378 e. The van der Waals surface area contributed by atoms with Gasteiger partial charge in [0.25, 0.3) is 0 Å². The molecule has 1 N–H and O–H groups in total. The average molecular weight is 317 g/mol. The van der Waals surface area contributed by atoms with E-state index in [1.54, 1.807) is 18.5 Å². The molecule has 0 bridgehead atoms. The van der Waals surface area contributed by atoms with E-state index >= 15 is 0 Å². The number of aromatic nitrogens is 1. The minimum absolute atomic E-state index is 0.0890. The van der Waals surface area contributed by atoms with E-state index in [-0.39, 0.29) is 12.2 Å². The van der Waals surface area contributed by atoms with Crippen molar-refractivity contribution in [2.24, 2.45) is 0 Å². The Labute approximate surface area is 110 Å². The van der Waals surface area contributed by atoms with Crippen LogP contribution in [0.2, 0.25) is 0 Å². The number of benzene rings is 1. The molecule has 0 unspecified atom stereocenters. The average Bonchev–Trinajstić information content (AvgIpc) is 2.32. The number of hydrogen-bond donors (Lipinski definition) is 1. The van der Waals surface area contributed by atoms with Crippen molar-refractivity contribution in [1.82, 2.24) is 4.98 Å². The van der Waals surface area contributed by atoms with E-state index in [1.165, 1.54) is 0 Å².